The Hall–Kier alpha value is -1.68. The summed E-state index contributed by atoms with van der Waals surface area (Å²) in [6.07, 6.45) is 1.45. The molecule has 2 saturated heterocycles. The first-order valence-corrected chi connectivity index (χ1v) is 9.90. The van der Waals surface area contributed by atoms with Gasteiger partial charge in [-0.05, 0) is 30.6 Å². The van der Waals surface area contributed by atoms with Crippen LogP contribution in [0.5, 0.6) is 0 Å². The zero-order chi connectivity index (χ0) is 18.0. The minimum absolute atomic E-state index is 0.0767. The summed E-state index contributed by atoms with van der Waals surface area (Å²) < 4.78 is 13.2. The van der Waals surface area contributed by atoms with E-state index in [1.165, 1.54) is 11.1 Å². The molecule has 2 aliphatic rings. The van der Waals surface area contributed by atoms with Gasteiger partial charge in [0.05, 0.1) is 12.7 Å². The fraction of sp³-hybridized carbons (Fsp3) is 0.478. The van der Waals surface area contributed by atoms with E-state index in [0.29, 0.717) is 12.0 Å². The van der Waals surface area contributed by atoms with Crippen LogP contribution in [0, 0.1) is 5.92 Å². The van der Waals surface area contributed by atoms with Gasteiger partial charge < -0.3 is 14.4 Å². The number of fused-ring (bicyclic) bond motifs is 1. The molecule has 3 nitrogen and oxygen atoms in total. The fourth-order valence-electron chi connectivity index (χ4n) is 4.66. The molecule has 0 amide bonds. The molecular formula is C23H29NO2. The van der Waals surface area contributed by atoms with E-state index in [4.69, 9.17) is 9.47 Å². The molecule has 2 heterocycles. The van der Waals surface area contributed by atoms with Crippen LogP contribution in [0.25, 0.3) is 0 Å². The van der Waals surface area contributed by atoms with Gasteiger partial charge in [0.15, 0.2) is 0 Å². The number of hydrogen-bond donors (Lipinski definition) is 0. The number of benzene rings is 2. The molecule has 2 aromatic carbocycles. The summed E-state index contributed by atoms with van der Waals surface area (Å²) in [5, 5.41) is 0. The van der Waals surface area contributed by atoms with E-state index in [1.54, 1.807) is 0 Å². The predicted molar refractivity (Wildman–Crippen MR) is 104 cm³/mol. The summed E-state index contributed by atoms with van der Waals surface area (Å²) in [4.78, 5) is 2.46. The van der Waals surface area contributed by atoms with Crippen LogP contribution in [0.1, 0.15) is 31.4 Å². The van der Waals surface area contributed by atoms with Crippen molar-refractivity contribution in [1.82, 2.24) is 4.90 Å². The fourth-order valence-corrected chi connectivity index (χ4v) is 4.66. The van der Waals surface area contributed by atoms with Gasteiger partial charge in [-0.25, -0.2) is 0 Å². The molecule has 4 rings (SSSR count). The number of hydrogen-bond acceptors (Lipinski definition) is 3. The van der Waals surface area contributed by atoms with Gasteiger partial charge in [-0.15, -0.1) is 0 Å². The monoisotopic (exact) mass is 351 g/mol. The van der Waals surface area contributed by atoms with E-state index in [1.807, 2.05) is 0 Å². The van der Waals surface area contributed by atoms with Crippen molar-refractivity contribution in [2.75, 3.05) is 26.2 Å². The van der Waals surface area contributed by atoms with Gasteiger partial charge in [-0.3, -0.25) is 0 Å². The Morgan fingerprint density at radius 3 is 2.04 bits per heavy atom. The molecule has 26 heavy (non-hydrogen) atoms. The molecule has 0 saturated carbocycles. The zero-order valence-corrected chi connectivity index (χ0v) is 15.8. The van der Waals surface area contributed by atoms with Crippen LogP contribution in [0.15, 0.2) is 60.7 Å². The van der Waals surface area contributed by atoms with Crippen molar-refractivity contribution in [2.24, 2.45) is 5.92 Å². The van der Waals surface area contributed by atoms with Crippen LogP contribution < -0.4 is 0 Å². The highest BCUT2D eigenvalue weighted by atomic mass is 16.6. The van der Waals surface area contributed by atoms with Crippen molar-refractivity contribution in [2.45, 2.75) is 38.1 Å². The molecule has 0 unspecified atom stereocenters. The molecule has 3 heteroatoms. The number of rotatable bonds is 6. The Morgan fingerprint density at radius 2 is 1.50 bits per heavy atom. The van der Waals surface area contributed by atoms with Gasteiger partial charge in [-0.2, -0.15) is 0 Å². The molecule has 2 fully saturated rings. The number of likely N-dealkylation sites (N-methyl/N-ethyl adjacent to an activating group) is 1. The smallest absolute Gasteiger partial charge is 0.144 e. The van der Waals surface area contributed by atoms with E-state index in [0.717, 1.165) is 32.7 Å². The third-order valence-corrected chi connectivity index (χ3v) is 6.02. The topological polar surface area (TPSA) is 21.7 Å². The average Bonchev–Trinajstić information content (AvgIpc) is 3.26. The summed E-state index contributed by atoms with van der Waals surface area (Å²) in [5.74, 6) is 0.455. The maximum atomic E-state index is 6.68. The molecular weight excluding hydrogens is 322 g/mol. The highest BCUT2D eigenvalue weighted by molar-refractivity contribution is 5.40. The van der Waals surface area contributed by atoms with Gasteiger partial charge in [0.1, 0.15) is 11.7 Å². The summed E-state index contributed by atoms with van der Waals surface area (Å²) in [6, 6.07) is 21.2. The lowest BCUT2D eigenvalue weighted by Gasteiger charge is -2.35. The second-order valence-corrected chi connectivity index (χ2v) is 7.44. The van der Waals surface area contributed by atoms with Gasteiger partial charge in [-0.1, -0.05) is 74.5 Å². The zero-order valence-electron chi connectivity index (χ0n) is 15.8. The van der Waals surface area contributed by atoms with Crippen LogP contribution in [0.3, 0.4) is 0 Å². The molecule has 2 aromatic rings. The van der Waals surface area contributed by atoms with Crippen molar-refractivity contribution in [3.8, 4) is 0 Å². The second-order valence-electron chi connectivity index (χ2n) is 7.44. The van der Waals surface area contributed by atoms with Crippen LogP contribution in [-0.2, 0) is 15.1 Å². The summed E-state index contributed by atoms with van der Waals surface area (Å²) in [7, 11) is 0. The van der Waals surface area contributed by atoms with Gasteiger partial charge in [0.25, 0.3) is 0 Å². The van der Waals surface area contributed by atoms with E-state index in [9.17, 15) is 0 Å². The van der Waals surface area contributed by atoms with Crippen molar-refractivity contribution >= 4 is 0 Å². The van der Waals surface area contributed by atoms with E-state index in [-0.39, 0.29) is 6.10 Å². The standard InChI is InChI=1S/C23H29NO2/c1-3-24(4-2)16-21-15-18-17-25-23(22(18)26-21,19-11-7-5-8-12-19)20-13-9-6-10-14-20/h5-14,18,21-22H,3-4,15-17H2,1-2H3/t18-,21-,22-/m1/s1. The molecule has 0 N–H and O–H groups in total. The Balaban J connectivity index is 1.68. The molecule has 2 aliphatic heterocycles. The van der Waals surface area contributed by atoms with Crippen molar-refractivity contribution in [1.29, 1.82) is 0 Å². The van der Waals surface area contributed by atoms with Crippen molar-refractivity contribution in [3.05, 3.63) is 71.8 Å². The summed E-state index contributed by atoms with van der Waals surface area (Å²) in [6.45, 7) is 8.37. The quantitative estimate of drug-likeness (QED) is 0.783. The molecule has 0 spiro atoms. The normalized spacial score (nSPS) is 27.0. The largest absolute Gasteiger partial charge is 0.370 e. The lowest BCUT2D eigenvalue weighted by Crippen LogP contribution is -2.41. The SMILES string of the molecule is CCN(CC)C[C@H]1C[C@@H]2COC(c3ccccc3)(c3ccccc3)[C@@H]2O1. The van der Waals surface area contributed by atoms with Crippen LogP contribution in [0.4, 0.5) is 0 Å². The van der Waals surface area contributed by atoms with Crippen LogP contribution in [-0.4, -0.2) is 43.3 Å². The maximum absolute atomic E-state index is 6.68. The van der Waals surface area contributed by atoms with Crippen molar-refractivity contribution < 1.29 is 9.47 Å². The number of nitrogens with zero attached hydrogens (tertiary/aromatic N) is 1. The highest BCUT2D eigenvalue weighted by Crippen LogP contribution is 2.51. The van der Waals surface area contributed by atoms with Gasteiger partial charge >= 0.3 is 0 Å². The lowest BCUT2D eigenvalue weighted by atomic mass is 9.79. The third kappa shape index (κ3) is 2.98. The molecule has 0 bridgehead atoms. The first-order valence-electron chi connectivity index (χ1n) is 9.90. The summed E-state index contributed by atoms with van der Waals surface area (Å²) >= 11 is 0. The molecule has 3 atom stereocenters. The molecule has 138 valence electrons. The van der Waals surface area contributed by atoms with E-state index in [2.05, 4.69) is 79.4 Å². The third-order valence-electron chi connectivity index (χ3n) is 6.02. The van der Waals surface area contributed by atoms with Gasteiger partial charge in [0.2, 0.25) is 0 Å². The minimum Gasteiger partial charge on any atom is -0.370 e. The lowest BCUT2D eigenvalue weighted by molar-refractivity contribution is -0.0821. The van der Waals surface area contributed by atoms with Gasteiger partial charge in [0, 0.05) is 12.5 Å². The average molecular weight is 351 g/mol. The van der Waals surface area contributed by atoms with E-state index < -0.39 is 5.60 Å². The van der Waals surface area contributed by atoms with E-state index >= 15 is 0 Å². The Labute approximate surface area is 156 Å². The first kappa shape index (κ1) is 17.7. The number of ether oxygens (including phenoxy) is 2. The predicted octanol–water partition coefficient (Wildman–Crippen LogP) is 4.08. The molecule has 0 radical (unpaired) electrons. The Kier molecular flexibility index (Phi) is 5.12. The Bertz CT molecular complexity index is 659. The minimum atomic E-state index is -0.495. The second kappa shape index (κ2) is 7.51. The Morgan fingerprint density at radius 1 is 0.923 bits per heavy atom. The first-order chi connectivity index (χ1) is 12.8. The molecule has 0 aliphatic carbocycles. The van der Waals surface area contributed by atoms with Crippen molar-refractivity contribution in [3.63, 3.8) is 0 Å². The maximum Gasteiger partial charge on any atom is 0.144 e. The highest BCUT2D eigenvalue weighted by Gasteiger charge is 2.57. The van der Waals surface area contributed by atoms with Crippen LogP contribution >= 0.6 is 0 Å². The molecule has 0 aromatic heterocycles. The van der Waals surface area contributed by atoms with Crippen LogP contribution in [0.2, 0.25) is 0 Å². The summed E-state index contributed by atoms with van der Waals surface area (Å²) in [5.41, 5.74) is 1.90.